The van der Waals surface area contributed by atoms with Crippen LogP contribution < -0.4 is 5.32 Å². The number of hydrogen-bond acceptors (Lipinski definition) is 5. The maximum atomic E-state index is 12.0. The molecule has 1 saturated heterocycles. The number of rotatable bonds is 6. The Kier molecular flexibility index (Phi) is 4.97. The zero-order valence-electron chi connectivity index (χ0n) is 12.6. The van der Waals surface area contributed by atoms with E-state index in [1.807, 2.05) is 24.3 Å². The highest BCUT2D eigenvalue weighted by Gasteiger charge is 2.10. The van der Waals surface area contributed by atoms with Crippen LogP contribution in [0, 0.1) is 0 Å². The summed E-state index contributed by atoms with van der Waals surface area (Å²) in [6.07, 6.45) is 0.948. The molecule has 3 rings (SSSR count). The third-order valence-corrected chi connectivity index (χ3v) is 3.79. The Morgan fingerprint density at radius 2 is 2.09 bits per heavy atom. The van der Waals surface area contributed by atoms with Gasteiger partial charge in [-0.25, -0.2) is 4.68 Å². The van der Waals surface area contributed by atoms with E-state index in [1.54, 1.807) is 4.68 Å². The average molecular weight is 303 g/mol. The third kappa shape index (κ3) is 3.80. The highest BCUT2D eigenvalue weighted by molar-refractivity contribution is 5.79. The van der Waals surface area contributed by atoms with Crippen molar-refractivity contribution >= 4 is 16.9 Å². The van der Waals surface area contributed by atoms with Crippen LogP contribution in [0.2, 0.25) is 0 Å². The van der Waals surface area contributed by atoms with E-state index in [9.17, 15) is 4.79 Å². The summed E-state index contributed by atoms with van der Waals surface area (Å²) in [6.45, 7) is 5.48. The lowest BCUT2D eigenvalue weighted by atomic mass is 10.3. The number of carbonyl (C=O) groups excluding carboxylic acids is 1. The molecule has 0 unspecified atom stereocenters. The molecule has 1 aliphatic heterocycles. The fourth-order valence-electron chi connectivity index (χ4n) is 2.58. The van der Waals surface area contributed by atoms with E-state index in [-0.39, 0.29) is 12.5 Å². The van der Waals surface area contributed by atoms with Crippen LogP contribution in [0.4, 0.5) is 0 Å². The minimum Gasteiger partial charge on any atom is -0.379 e. The van der Waals surface area contributed by atoms with Crippen molar-refractivity contribution in [2.24, 2.45) is 0 Å². The molecule has 0 radical (unpaired) electrons. The molecule has 2 aromatic rings. The van der Waals surface area contributed by atoms with E-state index < -0.39 is 0 Å². The number of amides is 1. The number of fused-ring (bicyclic) bond motifs is 1. The van der Waals surface area contributed by atoms with Crippen molar-refractivity contribution < 1.29 is 9.53 Å². The number of nitrogens with zero attached hydrogens (tertiary/aromatic N) is 4. The molecule has 1 aromatic heterocycles. The van der Waals surface area contributed by atoms with Gasteiger partial charge in [-0.05, 0) is 25.1 Å². The maximum Gasteiger partial charge on any atom is 0.241 e. The van der Waals surface area contributed by atoms with Crippen molar-refractivity contribution in [3.05, 3.63) is 24.3 Å². The normalized spacial score (nSPS) is 16.0. The van der Waals surface area contributed by atoms with Gasteiger partial charge in [-0.2, -0.15) is 0 Å². The van der Waals surface area contributed by atoms with Crippen molar-refractivity contribution in [1.29, 1.82) is 0 Å². The van der Waals surface area contributed by atoms with Gasteiger partial charge in [0.1, 0.15) is 12.1 Å². The second-order valence-corrected chi connectivity index (χ2v) is 5.39. The largest absolute Gasteiger partial charge is 0.379 e. The monoisotopic (exact) mass is 303 g/mol. The van der Waals surface area contributed by atoms with E-state index in [0.717, 1.165) is 50.3 Å². The van der Waals surface area contributed by atoms with Crippen LogP contribution in [-0.4, -0.2) is 65.2 Å². The maximum absolute atomic E-state index is 12.0. The first-order chi connectivity index (χ1) is 10.8. The molecule has 22 heavy (non-hydrogen) atoms. The average Bonchev–Trinajstić information content (AvgIpc) is 2.96. The summed E-state index contributed by atoms with van der Waals surface area (Å²) >= 11 is 0. The summed E-state index contributed by atoms with van der Waals surface area (Å²) in [5.41, 5.74) is 1.69. The molecular weight excluding hydrogens is 282 g/mol. The number of hydrogen-bond donors (Lipinski definition) is 1. The Morgan fingerprint density at radius 1 is 1.27 bits per heavy atom. The van der Waals surface area contributed by atoms with E-state index >= 15 is 0 Å². The van der Waals surface area contributed by atoms with Gasteiger partial charge in [-0.3, -0.25) is 9.69 Å². The number of benzene rings is 1. The Morgan fingerprint density at radius 3 is 2.95 bits per heavy atom. The number of para-hydroxylation sites is 1. The second-order valence-electron chi connectivity index (χ2n) is 5.39. The lowest BCUT2D eigenvalue weighted by Crippen LogP contribution is -2.38. The van der Waals surface area contributed by atoms with Crippen molar-refractivity contribution in [2.75, 3.05) is 39.4 Å². The number of carbonyl (C=O) groups is 1. The Balaban J connectivity index is 1.41. The first-order valence-corrected chi connectivity index (χ1v) is 7.68. The van der Waals surface area contributed by atoms with Gasteiger partial charge in [0.05, 0.1) is 18.7 Å². The van der Waals surface area contributed by atoms with Gasteiger partial charge in [0.15, 0.2) is 0 Å². The third-order valence-electron chi connectivity index (χ3n) is 3.79. The zero-order chi connectivity index (χ0) is 15.2. The summed E-state index contributed by atoms with van der Waals surface area (Å²) < 4.78 is 6.94. The molecule has 0 spiro atoms. The molecule has 0 atom stereocenters. The fourth-order valence-corrected chi connectivity index (χ4v) is 2.58. The predicted octanol–water partition coefficient (Wildman–Crippen LogP) is 0.270. The van der Waals surface area contributed by atoms with Crippen molar-refractivity contribution in [2.45, 2.75) is 13.0 Å². The molecule has 1 aliphatic rings. The van der Waals surface area contributed by atoms with Gasteiger partial charge in [0.25, 0.3) is 0 Å². The molecule has 7 nitrogen and oxygen atoms in total. The Hall–Kier alpha value is -1.99. The highest BCUT2D eigenvalue weighted by Crippen LogP contribution is 2.09. The Labute approximate surface area is 129 Å². The molecule has 0 saturated carbocycles. The van der Waals surface area contributed by atoms with Gasteiger partial charge in [0, 0.05) is 19.6 Å². The summed E-state index contributed by atoms with van der Waals surface area (Å²) in [5.74, 6) is -0.0300. The number of nitrogens with one attached hydrogen (secondary N) is 1. The smallest absolute Gasteiger partial charge is 0.241 e. The fraction of sp³-hybridized carbons (Fsp3) is 0.533. The molecule has 7 heteroatoms. The highest BCUT2D eigenvalue weighted by atomic mass is 16.5. The van der Waals surface area contributed by atoms with Gasteiger partial charge in [-0.15, -0.1) is 5.10 Å². The zero-order valence-corrected chi connectivity index (χ0v) is 12.6. The van der Waals surface area contributed by atoms with Gasteiger partial charge in [-0.1, -0.05) is 17.3 Å². The first-order valence-electron chi connectivity index (χ1n) is 7.68. The number of aromatic nitrogens is 3. The van der Waals surface area contributed by atoms with E-state index in [2.05, 4.69) is 20.5 Å². The summed E-state index contributed by atoms with van der Waals surface area (Å²) in [6, 6.07) is 7.63. The first kappa shape index (κ1) is 14.9. The van der Waals surface area contributed by atoms with E-state index in [4.69, 9.17) is 4.74 Å². The lowest BCUT2D eigenvalue weighted by Gasteiger charge is -2.26. The standard InChI is InChI=1S/C15H21N5O2/c21-15(16-6-3-7-19-8-10-22-11-9-19)12-20-14-5-2-1-4-13(14)17-18-20/h1-2,4-5H,3,6-12H2,(H,16,21). The van der Waals surface area contributed by atoms with Crippen LogP contribution >= 0.6 is 0 Å². The Bertz CT molecular complexity index is 621. The topological polar surface area (TPSA) is 72.3 Å². The van der Waals surface area contributed by atoms with Crippen LogP contribution in [0.3, 0.4) is 0 Å². The summed E-state index contributed by atoms with van der Waals surface area (Å²) in [4.78, 5) is 14.3. The summed E-state index contributed by atoms with van der Waals surface area (Å²) in [5, 5.41) is 11.0. The van der Waals surface area contributed by atoms with Crippen LogP contribution in [-0.2, 0) is 16.1 Å². The predicted molar refractivity (Wildman–Crippen MR) is 82.4 cm³/mol. The number of morpholine rings is 1. The van der Waals surface area contributed by atoms with Crippen molar-refractivity contribution in [3.8, 4) is 0 Å². The molecule has 1 N–H and O–H groups in total. The minimum absolute atomic E-state index is 0.0300. The van der Waals surface area contributed by atoms with Gasteiger partial charge >= 0.3 is 0 Å². The van der Waals surface area contributed by atoms with E-state index in [1.165, 1.54) is 0 Å². The van der Waals surface area contributed by atoms with Crippen LogP contribution in [0.25, 0.3) is 11.0 Å². The minimum atomic E-state index is -0.0300. The van der Waals surface area contributed by atoms with Crippen LogP contribution in [0.5, 0.6) is 0 Å². The van der Waals surface area contributed by atoms with E-state index in [0.29, 0.717) is 6.54 Å². The van der Waals surface area contributed by atoms with Gasteiger partial charge < -0.3 is 10.1 Å². The molecule has 1 fully saturated rings. The molecule has 0 bridgehead atoms. The SMILES string of the molecule is O=C(Cn1nnc2ccccc21)NCCCN1CCOCC1. The lowest BCUT2D eigenvalue weighted by molar-refractivity contribution is -0.121. The molecule has 1 amide bonds. The van der Waals surface area contributed by atoms with Crippen molar-refractivity contribution in [1.82, 2.24) is 25.2 Å². The summed E-state index contributed by atoms with van der Waals surface area (Å²) in [7, 11) is 0. The molecule has 0 aliphatic carbocycles. The van der Waals surface area contributed by atoms with Crippen LogP contribution in [0.15, 0.2) is 24.3 Å². The quantitative estimate of drug-likeness (QED) is 0.776. The second kappa shape index (κ2) is 7.33. The molecule has 2 heterocycles. The molecular formula is C15H21N5O2. The molecule has 1 aromatic carbocycles. The molecule has 118 valence electrons. The van der Waals surface area contributed by atoms with Crippen molar-refractivity contribution in [3.63, 3.8) is 0 Å². The van der Waals surface area contributed by atoms with Crippen LogP contribution in [0.1, 0.15) is 6.42 Å². The van der Waals surface area contributed by atoms with Gasteiger partial charge in [0.2, 0.25) is 5.91 Å². The number of ether oxygens (including phenoxy) is 1.